The molecule has 12 heteroatoms. The van der Waals surface area contributed by atoms with E-state index in [2.05, 4.69) is 245 Å². The lowest BCUT2D eigenvalue weighted by molar-refractivity contribution is -0.0500. The van der Waals surface area contributed by atoms with Crippen LogP contribution in [-0.2, 0) is 19.4 Å². The van der Waals surface area contributed by atoms with E-state index in [0.717, 1.165) is 59.2 Å². The summed E-state index contributed by atoms with van der Waals surface area (Å²) in [4.78, 5) is 0. The fourth-order valence-corrected chi connectivity index (χ4v) is 18.0. The van der Waals surface area contributed by atoms with Gasteiger partial charge in [-0.3, -0.25) is 0 Å². The Balaban J connectivity index is 0.000000121. The van der Waals surface area contributed by atoms with Gasteiger partial charge in [-0.1, -0.05) is 284 Å². The maximum absolute atomic E-state index is 12.7. The van der Waals surface area contributed by atoms with Crippen molar-refractivity contribution < 1.29 is 39.2 Å². The zero-order valence-electron chi connectivity index (χ0n) is 60.8. The first kappa shape index (κ1) is 63.7. The summed E-state index contributed by atoms with van der Waals surface area (Å²) in [5, 5.41) is 19.3. The molecule has 3 heterocycles. The molecule has 0 aliphatic carbocycles. The molecule has 512 valence electrons. The van der Waals surface area contributed by atoms with Crippen LogP contribution in [-0.4, -0.2) is 32.2 Å². The molecule has 0 unspecified atom stereocenters. The van der Waals surface area contributed by atoms with Crippen LogP contribution >= 0.6 is 22.7 Å². The van der Waals surface area contributed by atoms with Crippen LogP contribution in [0.5, 0.6) is 5.75 Å². The summed E-state index contributed by atoms with van der Waals surface area (Å²) in [5.74, 6) is -0.400. The standard InChI is InChI=1S/C43H28S.C25H25BO2S.C25H15F3O3S/c1-27-19-21-28(22-20-27)32-15-7-17-39-40-18-8-16-33(43(40)44-42(32)39)31-10-6-9-29(25-31)30-23-24-38-36-13-3-2-11-34(36)35-12-4-5-14-37(35)41(38)26-30;1-16-12-14-17(15-13-16)18-8-6-9-19-20-10-7-11-21(23(20)29-22(18)19)26-27-24(2,3)25(4,5)28-26;26-25(27,28)32(29,30)31-18-7-5-6-16(14-18)17-12-13-23-21-10-2-1-8-19(21)20-9-3-4-11-22(20)24(23)15-17/h2-26H,1H3;6-15H,1-5H3;1-15H/i;1D3;. The van der Waals surface area contributed by atoms with Crippen LogP contribution in [0.2, 0.25) is 0 Å². The SMILES string of the molecule is Cc1ccc(-c2cccc3c2sc2c(-c4cccc(-c5ccc6c7ccccc7c7ccccc7c6c5)c4)cccc23)cc1.O=S(=O)(Oc1cccc(-c2ccc3c4ccccc4c4ccccc4c3c2)c1)C(F)(F)F.[2H]C([2H])([2H])c1ccc(-c2cccc3c2sc2c(B4OC(C)(C)C(C)(C)O4)cccc23)cc1. The van der Waals surface area contributed by atoms with E-state index in [1.165, 1.54) is 125 Å². The summed E-state index contributed by atoms with van der Waals surface area (Å²) in [5.41, 5.74) is 7.37. The van der Waals surface area contributed by atoms with E-state index in [-0.39, 0.29) is 0 Å². The van der Waals surface area contributed by atoms with Crippen LogP contribution in [0.3, 0.4) is 0 Å². The van der Waals surface area contributed by atoms with Gasteiger partial charge in [-0.15, -0.1) is 22.7 Å². The number of alkyl halides is 3. The van der Waals surface area contributed by atoms with Gasteiger partial charge in [-0.25, -0.2) is 0 Å². The van der Waals surface area contributed by atoms with Crippen molar-refractivity contribution in [3.63, 3.8) is 0 Å². The number of halogens is 3. The molecule has 18 aromatic rings. The second-order valence-electron chi connectivity index (χ2n) is 27.8. The lowest BCUT2D eigenvalue weighted by Crippen LogP contribution is -2.41. The topological polar surface area (TPSA) is 61.8 Å². The first-order chi connectivity index (χ1) is 51.9. The first-order valence-electron chi connectivity index (χ1n) is 36.3. The molecule has 105 heavy (non-hydrogen) atoms. The minimum Gasteiger partial charge on any atom is -0.399 e. The van der Waals surface area contributed by atoms with E-state index in [1.807, 2.05) is 72.0 Å². The Morgan fingerprint density at radius 2 is 0.667 bits per heavy atom. The molecule has 19 rings (SSSR count). The molecular formula is C93H68BF3O5S3. The fraction of sp³-hybridized carbons (Fsp3) is 0.0968. The van der Waals surface area contributed by atoms with E-state index in [4.69, 9.17) is 13.4 Å². The van der Waals surface area contributed by atoms with Gasteiger partial charge in [-0.05, 0) is 197 Å². The molecule has 1 fully saturated rings. The lowest BCUT2D eigenvalue weighted by Gasteiger charge is -2.32. The van der Waals surface area contributed by atoms with E-state index in [0.29, 0.717) is 11.1 Å². The van der Waals surface area contributed by atoms with Crippen LogP contribution in [0.25, 0.3) is 161 Å². The smallest absolute Gasteiger partial charge is 0.399 e. The van der Waals surface area contributed by atoms with Crippen LogP contribution in [0.15, 0.2) is 303 Å². The number of benzene rings is 16. The average molecular weight is 1430 g/mol. The second-order valence-corrected chi connectivity index (χ2v) is 31.4. The number of aryl methyl sites for hydroxylation is 2. The zero-order chi connectivity index (χ0) is 74.6. The summed E-state index contributed by atoms with van der Waals surface area (Å²) >= 11 is 3.65. The molecule has 16 aromatic carbocycles. The quantitative estimate of drug-likeness (QED) is 0.0657. The van der Waals surface area contributed by atoms with E-state index >= 15 is 0 Å². The van der Waals surface area contributed by atoms with Gasteiger partial charge in [0.25, 0.3) is 0 Å². The van der Waals surface area contributed by atoms with Gasteiger partial charge in [0.1, 0.15) is 5.75 Å². The van der Waals surface area contributed by atoms with Crippen LogP contribution in [0.1, 0.15) is 42.9 Å². The highest BCUT2D eigenvalue weighted by atomic mass is 32.2. The van der Waals surface area contributed by atoms with Gasteiger partial charge in [0.15, 0.2) is 0 Å². The van der Waals surface area contributed by atoms with Gasteiger partial charge < -0.3 is 13.5 Å². The average Bonchev–Trinajstić information content (AvgIpc) is 0.857. The molecule has 0 bridgehead atoms. The highest BCUT2D eigenvalue weighted by molar-refractivity contribution is 7.88. The number of thiophene rings is 2. The molecule has 2 aromatic heterocycles. The van der Waals surface area contributed by atoms with Crippen LogP contribution in [0.4, 0.5) is 13.2 Å². The molecule has 0 amide bonds. The van der Waals surface area contributed by atoms with Crippen molar-refractivity contribution in [2.75, 3.05) is 0 Å². The molecule has 0 N–H and O–H groups in total. The van der Waals surface area contributed by atoms with Crippen molar-refractivity contribution in [2.45, 2.75) is 58.2 Å². The molecule has 5 nitrogen and oxygen atoms in total. The predicted octanol–water partition coefficient (Wildman–Crippen LogP) is 26.2. The van der Waals surface area contributed by atoms with Gasteiger partial charge in [-0.2, -0.15) is 21.6 Å². The van der Waals surface area contributed by atoms with E-state index in [1.54, 1.807) is 29.5 Å². The van der Waals surface area contributed by atoms with Crippen LogP contribution < -0.4 is 9.65 Å². The number of fused-ring (bicyclic) bond motifs is 18. The minimum absolute atomic E-state index is 0.354. The molecule has 0 spiro atoms. The zero-order valence-corrected chi connectivity index (χ0v) is 60.3. The van der Waals surface area contributed by atoms with Crippen molar-refractivity contribution >= 4 is 150 Å². The Kier molecular flexibility index (Phi) is 16.0. The van der Waals surface area contributed by atoms with Crippen molar-refractivity contribution in [3.05, 3.63) is 314 Å². The van der Waals surface area contributed by atoms with Crippen molar-refractivity contribution in [3.8, 4) is 61.4 Å². The van der Waals surface area contributed by atoms with Gasteiger partial charge in [0.05, 0.1) is 11.2 Å². The number of rotatable bonds is 8. The maximum Gasteiger partial charge on any atom is 0.534 e. The third-order valence-electron chi connectivity index (χ3n) is 20.8. The predicted molar refractivity (Wildman–Crippen MR) is 438 cm³/mol. The second kappa shape index (κ2) is 26.3. The summed E-state index contributed by atoms with van der Waals surface area (Å²) < 4.78 is 106. The Morgan fingerprint density at radius 3 is 1.10 bits per heavy atom. The third-order valence-corrected chi connectivity index (χ3v) is 24.4. The van der Waals surface area contributed by atoms with Gasteiger partial charge in [0, 0.05) is 44.5 Å². The Hall–Kier alpha value is -11.0. The number of hydrogen-bond acceptors (Lipinski definition) is 7. The monoisotopic (exact) mass is 1430 g/mol. The van der Waals surface area contributed by atoms with Crippen molar-refractivity contribution in [1.29, 1.82) is 0 Å². The molecule has 0 atom stereocenters. The Labute approximate surface area is 619 Å². The third kappa shape index (κ3) is 12.1. The van der Waals surface area contributed by atoms with Crippen LogP contribution in [0, 0.1) is 13.8 Å². The highest BCUT2D eigenvalue weighted by Crippen LogP contribution is 2.47. The van der Waals surface area contributed by atoms with E-state index in [9.17, 15) is 21.6 Å². The van der Waals surface area contributed by atoms with E-state index < -0.39 is 46.5 Å². The maximum atomic E-state index is 12.7. The normalized spacial score (nSPS) is 14.2. The van der Waals surface area contributed by atoms with Gasteiger partial charge in [0.2, 0.25) is 0 Å². The Morgan fingerprint density at radius 1 is 0.343 bits per heavy atom. The largest absolute Gasteiger partial charge is 0.534 e. The summed E-state index contributed by atoms with van der Waals surface area (Å²) in [6.07, 6.45) is 0. The molecule has 0 saturated carbocycles. The fourth-order valence-electron chi connectivity index (χ4n) is 14.8. The highest BCUT2D eigenvalue weighted by Gasteiger charge is 2.52. The van der Waals surface area contributed by atoms with Crippen molar-refractivity contribution in [2.24, 2.45) is 0 Å². The molecule has 1 aliphatic heterocycles. The van der Waals surface area contributed by atoms with Crippen molar-refractivity contribution in [1.82, 2.24) is 0 Å². The molecule has 1 saturated heterocycles. The Bertz CT molecular complexity index is 6660. The summed E-state index contributed by atoms with van der Waals surface area (Å²) in [6.45, 7) is 8.32. The molecule has 1 aliphatic rings. The molecular weight excluding hydrogens is 1360 g/mol. The summed E-state index contributed by atoms with van der Waals surface area (Å²) in [6, 6.07) is 103. The minimum atomic E-state index is -5.74. The lowest BCUT2D eigenvalue weighted by atomic mass is 9.78. The van der Waals surface area contributed by atoms with Gasteiger partial charge >= 0.3 is 22.7 Å². The first-order valence-corrected chi connectivity index (χ1v) is 37.8. The molecule has 0 radical (unpaired) electrons. The summed E-state index contributed by atoms with van der Waals surface area (Å²) in [7, 11) is -6.16. The number of hydrogen-bond donors (Lipinski definition) is 0.